The molecule has 1 aromatic heterocycles. The number of rotatable bonds is 6. The van der Waals surface area contributed by atoms with Gasteiger partial charge in [-0.2, -0.15) is 0 Å². The summed E-state index contributed by atoms with van der Waals surface area (Å²) < 4.78 is 11.2. The smallest absolute Gasteiger partial charge is 0.187 e. The Hall–Kier alpha value is -2.20. The number of carbonyl (C=O) groups excluding carboxylic acids is 1. The average Bonchev–Trinajstić information content (AvgIpc) is 3.07. The average molecular weight is 408 g/mol. The van der Waals surface area contributed by atoms with Crippen LogP contribution in [-0.4, -0.2) is 5.78 Å². The molecular weight excluding hydrogens is 395 g/mol. The Balaban J connectivity index is 1.61. The van der Waals surface area contributed by atoms with E-state index in [0.717, 1.165) is 0 Å². The molecule has 0 saturated carbocycles. The lowest BCUT2D eigenvalue weighted by Gasteiger charge is -2.03. The van der Waals surface area contributed by atoms with Crippen LogP contribution in [0.3, 0.4) is 0 Å². The number of benzene rings is 2. The summed E-state index contributed by atoms with van der Waals surface area (Å²) in [6.45, 7) is 0.270. The molecule has 0 saturated heterocycles. The Labute approximate surface area is 165 Å². The van der Waals surface area contributed by atoms with Crippen LogP contribution in [0.25, 0.3) is 6.08 Å². The third-order valence-corrected chi connectivity index (χ3v) is 4.27. The van der Waals surface area contributed by atoms with E-state index >= 15 is 0 Å². The van der Waals surface area contributed by atoms with Crippen molar-refractivity contribution in [2.45, 2.75) is 6.61 Å². The molecule has 0 fully saturated rings. The van der Waals surface area contributed by atoms with Gasteiger partial charge < -0.3 is 9.15 Å². The van der Waals surface area contributed by atoms with E-state index < -0.39 is 0 Å². The van der Waals surface area contributed by atoms with Crippen LogP contribution in [0.5, 0.6) is 5.75 Å². The van der Waals surface area contributed by atoms with E-state index in [-0.39, 0.29) is 12.4 Å². The summed E-state index contributed by atoms with van der Waals surface area (Å²) in [5.74, 6) is 1.63. The number of halogens is 3. The zero-order valence-corrected chi connectivity index (χ0v) is 15.7. The first-order valence-corrected chi connectivity index (χ1v) is 8.79. The topological polar surface area (TPSA) is 39.4 Å². The SMILES string of the molecule is O=C(/C=C/c1ccc(COc2ccc(Cl)cc2)o1)c1ccc(Cl)cc1Cl. The predicted octanol–water partition coefficient (Wildman–Crippen LogP) is 6.71. The standard InChI is InChI=1S/C20H13Cl3O3/c21-13-1-4-15(5-2-13)25-12-17-7-6-16(26-17)8-10-20(24)18-9-3-14(22)11-19(18)23/h1-11H,12H2/b10-8+. The largest absolute Gasteiger partial charge is 0.486 e. The van der Waals surface area contributed by atoms with E-state index in [0.29, 0.717) is 37.9 Å². The van der Waals surface area contributed by atoms with E-state index in [9.17, 15) is 4.79 Å². The van der Waals surface area contributed by atoms with Gasteiger partial charge in [0.2, 0.25) is 0 Å². The van der Waals surface area contributed by atoms with Gasteiger partial charge in [-0.1, -0.05) is 34.8 Å². The lowest BCUT2D eigenvalue weighted by Crippen LogP contribution is -1.95. The van der Waals surface area contributed by atoms with Gasteiger partial charge in [-0.05, 0) is 66.7 Å². The molecule has 6 heteroatoms. The van der Waals surface area contributed by atoms with Gasteiger partial charge >= 0.3 is 0 Å². The number of ketones is 1. The van der Waals surface area contributed by atoms with Crippen molar-refractivity contribution >= 4 is 46.7 Å². The van der Waals surface area contributed by atoms with Crippen LogP contribution >= 0.6 is 34.8 Å². The molecule has 0 aliphatic carbocycles. The highest BCUT2D eigenvalue weighted by Crippen LogP contribution is 2.22. The summed E-state index contributed by atoms with van der Waals surface area (Å²) in [7, 11) is 0. The molecule has 1 heterocycles. The van der Waals surface area contributed by atoms with Crippen LogP contribution in [0.2, 0.25) is 15.1 Å². The zero-order chi connectivity index (χ0) is 18.5. The summed E-state index contributed by atoms with van der Waals surface area (Å²) in [4.78, 5) is 12.2. The van der Waals surface area contributed by atoms with Crippen LogP contribution in [0, 0.1) is 0 Å². The first-order valence-electron chi connectivity index (χ1n) is 7.66. The van der Waals surface area contributed by atoms with E-state index in [1.165, 1.54) is 12.1 Å². The number of allylic oxidation sites excluding steroid dienone is 1. The Morgan fingerprint density at radius 2 is 1.69 bits per heavy atom. The minimum absolute atomic E-state index is 0.234. The lowest BCUT2D eigenvalue weighted by atomic mass is 10.1. The maximum atomic E-state index is 12.2. The fraction of sp³-hybridized carbons (Fsp3) is 0.0500. The highest BCUT2D eigenvalue weighted by molar-refractivity contribution is 6.37. The Bertz CT molecular complexity index is 943. The summed E-state index contributed by atoms with van der Waals surface area (Å²) in [6, 6.07) is 15.3. The van der Waals surface area contributed by atoms with Gasteiger partial charge in [0.15, 0.2) is 5.78 Å². The molecule has 0 spiro atoms. The second kappa shape index (κ2) is 8.45. The molecule has 0 amide bonds. The molecule has 132 valence electrons. The van der Waals surface area contributed by atoms with Crippen molar-refractivity contribution in [1.29, 1.82) is 0 Å². The highest BCUT2D eigenvalue weighted by Gasteiger charge is 2.08. The molecule has 3 nitrogen and oxygen atoms in total. The van der Waals surface area contributed by atoms with Gasteiger partial charge in [-0.3, -0.25) is 4.79 Å². The highest BCUT2D eigenvalue weighted by atomic mass is 35.5. The van der Waals surface area contributed by atoms with Crippen molar-refractivity contribution in [3.8, 4) is 5.75 Å². The first-order chi connectivity index (χ1) is 12.5. The Kier molecular flexibility index (Phi) is 6.04. The second-order valence-electron chi connectivity index (χ2n) is 5.37. The summed E-state index contributed by atoms with van der Waals surface area (Å²) in [5, 5.41) is 1.43. The molecule has 3 rings (SSSR count). The monoisotopic (exact) mass is 406 g/mol. The van der Waals surface area contributed by atoms with E-state index in [2.05, 4.69) is 0 Å². The van der Waals surface area contributed by atoms with Gasteiger partial charge in [-0.25, -0.2) is 0 Å². The van der Waals surface area contributed by atoms with E-state index in [1.54, 1.807) is 54.6 Å². The number of hydrogen-bond acceptors (Lipinski definition) is 3. The fourth-order valence-electron chi connectivity index (χ4n) is 2.18. The summed E-state index contributed by atoms with van der Waals surface area (Å²) in [5.41, 5.74) is 0.380. The minimum Gasteiger partial charge on any atom is -0.486 e. The fourth-order valence-corrected chi connectivity index (χ4v) is 2.81. The van der Waals surface area contributed by atoms with Gasteiger partial charge in [-0.15, -0.1) is 0 Å². The van der Waals surface area contributed by atoms with Gasteiger partial charge in [0.25, 0.3) is 0 Å². The molecule has 26 heavy (non-hydrogen) atoms. The third kappa shape index (κ3) is 4.92. The molecular formula is C20H13Cl3O3. The van der Waals surface area contributed by atoms with Crippen molar-refractivity contribution in [1.82, 2.24) is 0 Å². The van der Waals surface area contributed by atoms with Gasteiger partial charge in [0, 0.05) is 15.6 Å². The number of hydrogen-bond donors (Lipinski definition) is 0. The first kappa shape index (κ1) is 18.6. The number of furan rings is 1. The van der Waals surface area contributed by atoms with Crippen LogP contribution < -0.4 is 4.74 Å². The lowest BCUT2D eigenvalue weighted by molar-refractivity contribution is 0.104. The molecule has 0 aliphatic rings. The van der Waals surface area contributed by atoms with Crippen LogP contribution in [0.15, 0.2) is 65.1 Å². The molecule has 0 atom stereocenters. The molecule has 0 N–H and O–H groups in total. The second-order valence-corrected chi connectivity index (χ2v) is 6.65. The number of carbonyl (C=O) groups is 1. The molecule has 0 unspecified atom stereocenters. The Morgan fingerprint density at radius 1 is 0.962 bits per heavy atom. The van der Waals surface area contributed by atoms with Crippen LogP contribution in [-0.2, 0) is 6.61 Å². The summed E-state index contributed by atoms with van der Waals surface area (Å²) in [6.07, 6.45) is 2.98. The van der Waals surface area contributed by atoms with Gasteiger partial charge in [0.05, 0.1) is 5.02 Å². The normalized spacial score (nSPS) is 11.0. The quantitative estimate of drug-likeness (QED) is 0.336. The maximum absolute atomic E-state index is 12.2. The maximum Gasteiger partial charge on any atom is 0.187 e. The van der Waals surface area contributed by atoms with Crippen molar-refractivity contribution in [2.75, 3.05) is 0 Å². The van der Waals surface area contributed by atoms with Crippen LogP contribution in [0.4, 0.5) is 0 Å². The Morgan fingerprint density at radius 3 is 2.42 bits per heavy atom. The zero-order valence-electron chi connectivity index (χ0n) is 13.4. The summed E-state index contributed by atoms with van der Waals surface area (Å²) >= 11 is 17.7. The molecule has 0 aliphatic heterocycles. The number of ether oxygens (including phenoxy) is 1. The minimum atomic E-state index is -0.234. The van der Waals surface area contributed by atoms with Crippen LogP contribution in [0.1, 0.15) is 21.9 Å². The molecule has 2 aromatic carbocycles. The van der Waals surface area contributed by atoms with Gasteiger partial charge in [0.1, 0.15) is 23.9 Å². The van der Waals surface area contributed by atoms with Crippen molar-refractivity contribution in [3.05, 3.63) is 92.8 Å². The third-order valence-electron chi connectivity index (χ3n) is 3.47. The van der Waals surface area contributed by atoms with E-state index in [4.69, 9.17) is 44.0 Å². The predicted molar refractivity (Wildman–Crippen MR) is 104 cm³/mol. The van der Waals surface area contributed by atoms with Crippen molar-refractivity contribution in [2.24, 2.45) is 0 Å². The molecule has 0 radical (unpaired) electrons. The van der Waals surface area contributed by atoms with Crippen molar-refractivity contribution < 1.29 is 13.9 Å². The molecule has 0 bridgehead atoms. The van der Waals surface area contributed by atoms with E-state index in [1.807, 2.05) is 0 Å². The molecule has 3 aromatic rings. The van der Waals surface area contributed by atoms with Crippen molar-refractivity contribution in [3.63, 3.8) is 0 Å².